The highest BCUT2D eigenvalue weighted by Gasteiger charge is 2.25. The first-order valence-corrected chi connectivity index (χ1v) is 6.59. The number of carbonyl (C=O) groups excluding carboxylic acids is 1. The van der Waals surface area contributed by atoms with E-state index in [9.17, 15) is 4.79 Å². The summed E-state index contributed by atoms with van der Waals surface area (Å²) < 4.78 is 0. The van der Waals surface area contributed by atoms with Crippen molar-refractivity contribution in [3.05, 3.63) is 36.0 Å². The van der Waals surface area contributed by atoms with Gasteiger partial charge >= 0.3 is 0 Å². The zero-order valence-electron chi connectivity index (χ0n) is 11.0. The van der Waals surface area contributed by atoms with E-state index >= 15 is 0 Å². The Hall–Kier alpha value is -2.10. The van der Waals surface area contributed by atoms with Crippen LogP contribution in [0.1, 0.15) is 23.7 Å². The summed E-state index contributed by atoms with van der Waals surface area (Å²) in [6.45, 7) is 3.84. The third-order valence-corrected chi connectivity index (χ3v) is 3.77. The van der Waals surface area contributed by atoms with Crippen molar-refractivity contribution in [2.24, 2.45) is 5.92 Å². The number of carbonyl (C=O) groups is 1. The number of pyridine rings is 1. The van der Waals surface area contributed by atoms with Gasteiger partial charge in [0.1, 0.15) is 5.82 Å². The smallest absolute Gasteiger partial charge is 0.256 e. The van der Waals surface area contributed by atoms with Crippen LogP contribution in [0, 0.1) is 5.92 Å². The summed E-state index contributed by atoms with van der Waals surface area (Å²) in [5.74, 6) is 1.12. The molecule has 4 heteroatoms. The molecule has 1 unspecified atom stereocenters. The Morgan fingerprint density at radius 2 is 2.11 bits per heavy atom. The Bertz CT molecular complexity index is 638. The van der Waals surface area contributed by atoms with Crippen molar-refractivity contribution in [1.82, 2.24) is 9.88 Å². The van der Waals surface area contributed by atoms with Crippen LogP contribution in [0.15, 0.2) is 30.5 Å². The van der Waals surface area contributed by atoms with E-state index in [1.54, 1.807) is 6.20 Å². The third kappa shape index (κ3) is 2.03. The number of nitrogens with zero attached hydrogens (tertiary/aromatic N) is 2. The number of benzene rings is 1. The lowest BCUT2D eigenvalue weighted by molar-refractivity contribution is 0.0789. The van der Waals surface area contributed by atoms with Gasteiger partial charge in [-0.25, -0.2) is 4.98 Å². The summed E-state index contributed by atoms with van der Waals surface area (Å²) in [5.41, 5.74) is 6.52. The molecule has 1 aromatic carbocycles. The van der Waals surface area contributed by atoms with Crippen LogP contribution < -0.4 is 5.73 Å². The van der Waals surface area contributed by atoms with E-state index < -0.39 is 0 Å². The number of fused-ring (bicyclic) bond motifs is 1. The second-order valence-corrected chi connectivity index (χ2v) is 5.25. The van der Waals surface area contributed by atoms with Crippen molar-refractivity contribution >= 4 is 22.5 Å². The van der Waals surface area contributed by atoms with Gasteiger partial charge in [0, 0.05) is 24.7 Å². The van der Waals surface area contributed by atoms with Crippen LogP contribution in [-0.2, 0) is 0 Å². The Kier molecular flexibility index (Phi) is 2.85. The first-order chi connectivity index (χ1) is 9.16. The van der Waals surface area contributed by atoms with Gasteiger partial charge in [-0.3, -0.25) is 4.79 Å². The zero-order chi connectivity index (χ0) is 13.4. The van der Waals surface area contributed by atoms with Crippen LogP contribution >= 0.6 is 0 Å². The standard InChI is InChI=1S/C15H17N3O/c1-10-6-7-18(9-10)15(19)13-8-17-14(16)12-5-3-2-4-11(12)13/h2-5,8,10H,6-7,9H2,1H3,(H2,16,17). The molecule has 2 heterocycles. The maximum absolute atomic E-state index is 12.6. The molecule has 2 N–H and O–H groups in total. The van der Waals surface area contributed by atoms with E-state index in [-0.39, 0.29) is 5.91 Å². The number of anilines is 1. The molecule has 0 bridgehead atoms. The van der Waals surface area contributed by atoms with Crippen LogP contribution in [0.25, 0.3) is 10.8 Å². The average molecular weight is 255 g/mol. The van der Waals surface area contributed by atoms with Crippen molar-refractivity contribution in [1.29, 1.82) is 0 Å². The second-order valence-electron chi connectivity index (χ2n) is 5.25. The molecular weight excluding hydrogens is 238 g/mol. The van der Waals surface area contributed by atoms with E-state index in [0.29, 0.717) is 17.3 Å². The van der Waals surface area contributed by atoms with Crippen LogP contribution in [0.3, 0.4) is 0 Å². The van der Waals surface area contributed by atoms with Gasteiger partial charge in [-0.1, -0.05) is 31.2 Å². The van der Waals surface area contributed by atoms with Gasteiger partial charge in [-0.05, 0) is 17.7 Å². The first-order valence-electron chi connectivity index (χ1n) is 6.59. The minimum Gasteiger partial charge on any atom is -0.383 e. The van der Waals surface area contributed by atoms with Gasteiger partial charge in [-0.15, -0.1) is 0 Å². The lowest BCUT2D eigenvalue weighted by Crippen LogP contribution is -2.28. The van der Waals surface area contributed by atoms with Crippen molar-refractivity contribution in [3.63, 3.8) is 0 Å². The predicted octanol–water partition coefficient (Wildman–Crippen LogP) is 2.30. The molecular formula is C15H17N3O. The molecule has 0 radical (unpaired) electrons. The third-order valence-electron chi connectivity index (χ3n) is 3.77. The summed E-state index contributed by atoms with van der Waals surface area (Å²) in [6.07, 6.45) is 2.68. The number of hydrogen-bond donors (Lipinski definition) is 1. The Labute approximate surface area is 112 Å². The number of nitrogen functional groups attached to an aromatic ring is 1. The van der Waals surface area contributed by atoms with E-state index in [1.807, 2.05) is 29.2 Å². The number of rotatable bonds is 1. The molecule has 1 amide bonds. The lowest BCUT2D eigenvalue weighted by Gasteiger charge is -2.17. The molecule has 4 nitrogen and oxygen atoms in total. The van der Waals surface area contributed by atoms with Gasteiger partial charge in [0.15, 0.2) is 0 Å². The SMILES string of the molecule is CC1CCN(C(=O)c2cnc(N)c3ccccc23)C1. The molecule has 0 spiro atoms. The van der Waals surface area contributed by atoms with Crippen LogP contribution in [0.2, 0.25) is 0 Å². The summed E-state index contributed by atoms with van der Waals surface area (Å²) in [6, 6.07) is 7.67. The van der Waals surface area contributed by atoms with E-state index in [2.05, 4.69) is 11.9 Å². The van der Waals surface area contributed by atoms with Gasteiger partial charge < -0.3 is 10.6 Å². The second kappa shape index (κ2) is 4.53. The predicted molar refractivity (Wildman–Crippen MR) is 75.8 cm³/mol. The Balaban J connectivity index is 2.06. The van der Waals surface area contributed by atoms with E-state index in [4.69, 9.17) is 5.73 Å². The molecule has 2 aromatic rings. The highest BCUT2D eigenvalue weighted by Crippen LogP contribution is 2.25. The van der Waals surface area contributed by atoms with Gasteiger partial charge in [0.05, 0.1) is 5.56 Å². The van der Waals surface area contributed by atoms with E-state index in [1.165, 1.54) is 0 Å². The Morgan fingerprint density at radius 1 is 1.37 bits per heavy atom. The van der Waals surface area contributed by atoms with Crippen LogP contribution in [0.5, 0.6) is 0 Å². The van der Waals surface area contributed by atoms with Gasteiger partial charge in [-0.2, -0.15) is 0 Å². The quantitative estimate of drug-likeness (QED) is 0.850. The average Bonchev–Trinajstić information content (AvgIpc) is 2.86. The molecule has 0 aliphatic carbocycles. The van der Waals surface area contributed by atoms with Gasteiger partial charge in [0.2, 0.25) is 0 Å². The zero-order valence-corrected chi connectivity index (χ0v) is 11.0. The molecule has 19 heavy (non-hydrogen) atoms. The number of likely N-dealkylation sites (tertiary alicyclic amines) is 1. The summed E-state index contributed by atoms with van der Waals surface area (Å²) in [7, 11) is 0. The molecule has 1 aliphatic heterocycles. The summed E-state index contributed by atoms with van der Waals surface area (Å²) in [4.78, 5) is 18.6. The lowest BCUT2D eigenvalue weighted by atomic mass is 10.1. The molecule has 98 valence electrons. The number of hydrogen-bond acceptors (Lipinski definition) is 3. The molecule has 1 fully saturated rings. The first kappa shape index (κ1) is 12.0. The Morgan fingerprint density at radius 3 is 2.79 bits per heavy atom. The molecule has 1 saturated heterocycles. The monoisotopic (exact) mass is 255 g/mol. The highest BCUT2D eigenvalue weighted by molar-refractivity contribution is 6.09. The summed E-state index contributed by atoms with van der Waals surface area (Å²) in [5, 5.41) is 1.74. The fourth-order valence-electron chi connectivity index (χ4n) is 2.67. The normalized spacial score (nSPS) is 19.0. The molecule has 0 saturated carbocycles. The molecule has 3 rings (SSSR count). The van der Waals surface area contributed by atoms with Crippen molar-refractivity contribution in [2.75, 3.05) is 18.8 Å². The largest absolute Gasteiger partial charge is 0.383 e. The molecule has 1 atom stereocenters. The minimum absolute atomic E-state index is 0.0630. The number of nitrogens with two attached hydrogens (primary N) is 1. The fraction of sp³-hybridized carbons (Fsp3) is 0.333. The van der Waals surface area contributed by atoms with Crippen LogP contribution in [0.4, 0.5) is 5.82 Å². The minimum atomic E-state index is 0.0630. The maximum Gasteiger partial charge on any atom is 0.256 e. The maximum atomic E-state index is 12.6. The van der Waals surface area contributed by atoms with E-state index in [0.717, 1.165) is 30.3 Å². The van der Waals surface area contributed by atoms with Gasteiger partial charge in [0.25, 0.3) is 5.91 Å². The summed E-state index contributed by atoms with van der Waals surface area (Å²) >= 11 is 0. The number of amides is 1. The van der Waals surface area contributed by atoms with Crippen molar-refractivity contribution in [3.8, 4) is 0 Å². The number of aromatic nitrogens is 1. The molecule has 1 aliphatic rings. The van der Waals surface area contributed by atoms with Crippen molar-refractivity contribution < 1.29 is 4.79 Å². The highest BCUT2D eigenvalue weighted by atomic mass is 16.2. The topological polar surface area (TPSA) is 59.2 Å². The van der Waals surface area contributed by atoms with Crippen molar-refractivity contribution in [2.45, 2.75) is 13.3 Å². The van der Waals surface area contributed by atoms with Crippen LogP contribution in [-0.4, -0.2) is 28.9 Å². The molecule has 1 aromatic heterocycles. The fourth-order valence-corrected chi connectivity index (χ4v) is 2.67.